The third kappa shape index (κ3) is 2.64. The summed E-state index contributed by atoms with van der Waals surface area (Å²) in [7, 11) is 0. The molecule has 1 heterocycles. The fraction of sp³-hybridized carbons (Fsp3) is 0.0833. The number of hydrogen-bond donors (Lipinski definition) is 2. The minimum absolute atomic E-state index is 0.168. The van der Waals surface area contributed by atoms with Crippen molar-refractivity contribution in [1.82, 2.24) is 4.98 Å². The van der Waals surface area contributed by atoms with Crippen molar-refractivity contribution < 1.29 is 5.11 Å². The summed E-state index contributed by atoms with van der Waals surface area (Å²) in [5.74, 6) is 0.168. The molecular weight excluding hydrogens is 224 g/mol. The van der Waals surface area contributed by atoms with Crippen LogP contribution >= 0.6 is 11.6 Å². The molecule has 0 saturated carbocycles. The molecule has 2 rings (SSSR count). The molecule has 16 heavy (non-hydrogen) atoms. The summed E-state index contributed by atoms with van der Waals surface area (Å²) in [5, 5.41) is 12.9. The highest BCUT2D eigenvalue weighted by molar-refractivity contribution is 6.33. The number of aromatic hydroxyl groups is 1. The Hall–Kier alpha value is -1.74. The van der Waals surface area contributed by atoms with E-state index in [0.29, 0.717) is 11.6 Å². The Balaban J connectivity index is 2.02. The highest BCUT2D eigenvalue weighted by Gasteiger charge is 1.99. The molecule has 0 saturated heterocycles. The maximum Gasteiger partial charge on any atom is 0.133 e. The molecule has 0 aliphatic rings. The topological polar surface area (TPSA) is 45.1 Å². The van der Waals surface area contributed by atoms with Crippen LogP contribution in [0.2, 0.25) is 5.02 Å². The van der Waals surface area contributed by atoms with Crippen molar-refractivity contribution in [1.29, 1.82) is 0 Å². The monoisotopic (exact) mass is 234 g/mol. The van der Waals surface area contributed by atoms with Gasteiger partial charge in [0.25, 0.3) is 0 Å². The number of para-hydroxylation sites is 1. The minimum Gasteiger partial charge on any atom is -0.506 e. The van der Waals surface area contributed by atoms with Gasteiger partial charge < -0.3 is 10.4 Å². The maximum atomic E-state index is 9.08. The molecule has 0 aliphatic heterocycles. The first kappa shape index (κ1) is 10.8. The Labute approximate surface area is 98.7 Å². The Kier molecular flexibility index (Phi) is 3.27. The van der Waals surface area contributed by atoms with Crippen molar-refractivity contribution in [2.75, 3.05) is 5.32 Å². The lowest BCUT2D eigenvalue weighted by Gasteiger charge is -2.07. The lowest BCUT2D eigenvalue weighted by molar-refractivity contribution is 0.472. The second-order valence-electron chi connectivity index (χ2n) is 3.34. The van der Waals surface area contributed by atoms with Crippen LogP contribution in [0, 0.1) is 0 Å². The number of nitrogens with one attached hydrogen (secondary N) is 1. The van der Waals surface area contributed by atoms with Gasteiger partial charge in [0.05, 0.1) is 29.1 Å². The van der Waals surface area contributed by atoms with E-state index >= 15 is 0 Å². The summed E-state index contributed by atoms with van der Waals surface area (Å²) in [6.45, 7) is 0.573. The van der Waals surface area contributed by atoms with Gasteiger partial charge in [0, 0.05) is 0 Å². The van der Waals surface area contributed by atoms with Crippen molar-refractivity contribution in [3.8, 4) is 5.75 Å². The lowest BCUT2D eigenvalue weighted by Crippen LogP contribution is -2.01. The van der Waals surface area contributed by atoms with E-state index in [1.54, 1.807) is 12.1 Å². The predicted molar refractivity (Wildman–Crippen MR) is 64.7 cm³/mol. The van der Waals surface area contributed by atoms with Gasteiger partial charge in [-0.1, -0.05) is 23.7 Å². The molecular formula is C12H11ClN2O. The fourth-order valence-electron chi connectivity index (χ4n) is 1.31. The van der Waals surface area contributed by atoms with Gasteiger partial charge in [-0.25, -0.2) is 0 Å². The summed E-state index contributed by atoms with van der Waals surface area (Å²) in [6.07, 6.45) is 1.42. The Morgan fingerprint density at radius 1 is 1.19 bits per heavy atom. The molecule has 1 aromatic carbocycles. The standard InChI is InChI=1S/C12H11ClN2O/c13-11-3-1-2-4-12(11)15-7-9-5-6-10(16)8-14-9/h1-6,8,15-16H,7H2. The van der Waals surface area contributed by atoms with Crippen LogP contribution in [0.4, 0.5) is 5.69 Å². The van der Waals surface area contributed by atoms with Crippen LogP contribution in [-0.2, 0) is 6.54 Å². The van der Waals surface area contributed by atoms with Gasteiger partial charge >= 0.3 is 0 Å². The van der Waals surface area contributed by atoms with Crippen LogP contribution in [0.3, 0.4) is 0 Å². The van der Waals surface area contributed by atoms with E-state index in [9.17, 15) is 0 Å². The van der Waals surface area contributed by atoms with E-state index in [-0.39, 0.29) is 5.75 Å². The van der Waals surface area contributed by atoms with Crippen molar-refractivity contribution in [3.05, 3.63) is 53.3 Å². The van der Waals surface area contributed by atoms with Crippen LogP contribution in [0.25, 0.3) is 0 Å². The number of halogens is 1. The number of pyridine rings is 1. The molecule has 0 unspecified atom stereocenters. The van der Waals surface area contributed by atoms with E-state index in [1.165, 1.54) is 6.20 Å². The van der Waals surface area contributed by atoms with Crippen molar-refractivity contribution in [3.63, 3.8) is 0 Å². The van der Waals surface area contributed by atoms with E-state index < -0.39 is 0 Å². The molecule has 3 nitrogen and oxygen atoms in total. The SMILES string of the molecule is Oc1ccc(CNc2ccccc2Cl)nc1. The van der Waals surface area contributed by atoms with Crippen molar-refractivity contribution in [2.24, 2.45) is 0 Å². The van der Waals surface area contributed by atoms with Gasteiger partial charge in [-0.05, 0) is 24.3 Å². The van der Waals surface area contributed by atoms with Crippen LogP contribution in [0.15, 0.2) is 42.6 Å². The summed E-state index contributed by atoms with van der Waals surface area (Å²) < 4.78 is 0. The van der Waals surface area contributed by atoms with Crippen LogP contribution in [0.1, 0.15) is 5.69 Å². The van der Waals surface area contributed by atoms with E-state index in [1.807, 2.05) is 24.3 Å². The summed E-state index contributed by atoms with van der Waals surface area (Å²) >= 11 is 5.99. The molecule has 4 heteroatoms. The zero-order valence-electron chi connectivity index (χ0n) is 8.52. The number of nitrogens with zero attached hydrogens (tertiary/aromatic N) is 1. The normalized spacial score (nSPS) is 10.1. The van der Waals surface area contributed by atoms with Crippen molar-refractivity contribution in [2.45, 2.75) is 6.54 Å². The Morgan fingerprint density at radius 2 is 2.00 bits per heavy atom. The zero-order chi connectivity index (χ0) is 11.4. The third-order valence-corrected chi connectivity index (χ3v) is 2.47. The molecule has 0 fully saturated rings. The number of anilines is 1. The second-order valence-corrected chi connectivity index (χ2v) is 3.75. The molecule has 0 bridgehead atoms. The number of rotatable bonds is 3. The molecule has 1 aromatic heterocycles. The molecule has 0 amide bonds. The number of benzene rings is 1. The number of aromatic nitrogens is 1. The number of hydrogen-bond acceptors (Lipinski definition) is 3. The first-order chi connectivity index (χ1) is 7.75. The predicted octanol–water partition coefficient (Wildman–Crippen LogP) is 3.05. The van der Waals surface area contributed by atoms with Crippen LogP contribution in [-0.4, -0.2) is 10.1 Å². The van der Waals surface area contributed by atoms with E-state index in [2.05, 4.69) is 10.3 Å². The van der Waals surface area contributed by atoms with Crippen molar-refractivity contribution >= 4 is 17.3 Å². The summed E-state index contributed by atoms with van der Waals surface area (Å²) in [4.78, 5) is 4.07. The second kappa shape index (κ2) is 4.86. The largest absolute Gasteiger partial charge is 0.506 e. The van der Waals surface area contributed by atoms with Gasteiger partial charge in [-0.2, -0.15) is 0 Å². The Bertz CT molecular complexity index is 471. The van der Waals surface area contributed by atoms with E-state index in [0.717, 1.165) is 11.4 Å². The molecule has 0 spiro atoms. The smallest absolute Gasteiger partial charge is 0.133 e. The maximum absolute atomic E-state index is 9.08. The van der Waals surface area contributed by atoms with Gasteiger partial charge in [-0.15, -0.1) is 0 Å². The van der Waals surface area contributed by atoms with Gasteiger partial charge in [0.15, 0.2) is 0 Å². The van der Waals surface area contributed by atoms with Gasteiger partial charge in [0.1, 0.15) is 5.75 Å². The summed E-state index contributed by atoms with van der Waals surface area (Å²) in [6, 6.07) is 10.9. The van der Waals surface area contributed by atoms with E-state index in [4.69, 9.17) is 16.7 Å². The Morgan fingerprint density at radius 3 is 2.69 bits per heavy atom. The highest BCUT2D eigenvalue weighted by Crippen LogP contribution is 2.20. The zero-order valence-corrected chi connectivity index (χ0v) is 9.28. The first-order valence-electron chi connectivity index (χ1n) is 4.88. The molecule has 0 radical (unpaired) electrons. The van der Waals surface area contributed by atoms with Gasteiger partial charge in [-0.3, -0.25) is 4.98 Å². The van der Waals surface area contributed by atoms with Gasteiger partial charge in [0.2, 0.25) is 0 Å². The minimum atomic E-state index is 0.168. The average molecular weight is 235 g/mol. The molecule has 0 atom stereocenters. The molecule has 82 valence electrons. The summed E-state index contributed by atoms with van der Waals surface area (Å²) in [5.41, 5.74) is 1.72. The average Bonchev–Trinajstić information content (AvgIpc) is 2.30. The van der Waals surface area contributed by atoms with Crippen LogP contribution < -0.4 is 5.32 Å². The lowest BCUT2D eigenvalue weighted by atomic mass is 10.3. The molecule has 2 aromatic rings. The fourth-order valence-corrected chi connectivity index (χ4v) is 1.51. The first-order valence-corrected chi connectivity index (χ1v) is 5.26. The highest BCUT2D eigenvalue weighted by atomic mass is 35.5. The quantitative estimate of drug-likeness (QED) is 0.858. The molecule has 0 aliphatic carbocycles. The third-order valence-electron chi connectivity index (χ3n) is 2.14. The molecule has 2 N–H and O–H groups in total. The van der Waals surface area contributed by atoms with Crippen LogP contribution in [0.5, 0.6) is 5.75 Å².